The van der Waals surface area contributed by atoms with E-state index in [2.05, 4.69) is 9.98 Å². The molecule has 2 aromatic carbocycles. The van der Waals surface area contributed by atoms with Gasteiger partial charge in [-0.1, -0.05) is 23.7 Å². The summed E-state index contributed by atoms with van der Waals surface area (Å²) in [5, 5.41) is 0.609. The van der Waals surface area contributed by atoms with Crippen LogP contribution in [0.25, 0.3) is 0 Å². The zero-order valence-corrected chi connectivity index (χ0v) is 12.9. The maximum Gasteiger partial charge on any atom is 0.193 e. The lowest BCUT2D eigenvalue weighted by atomic mass is 10.0. The molecule has 1 aromatic heterocycles. The molecule has 0 atom stereocenters. The quantitative estimate of drug-likeness (QED) is 0.516. The Hall–Kier alpha value is -2.78. The molecule has 0 saturated heterocycles. The van der Waals surface area contributed by atoms with E-state index in [4.69, 9.17) is 11.6 Å². The molecule has 4 heteroatoms. The number of nitrogens with zero attached hydrogens (tertiary/aromatic N) is 2. The fourth-order valence-corrected chi connectivity index (χ4v) is 2.22. The number of pyridine rings is 1. The van der Waals surface area contributed by atoms with Gasteiger partial charge in [0.05, 0.1) is 5.69 Å². The van der Waals surface area contributed by atoms with Crippen LogP contribution < -0.4 is 0 Å². The second-order valence-electron chi connectivity index (χ2n) is 4.93. The van der Waals surface area contributed by atoms with Crippen LogP contribution in [0.5, 0.6) is 0 Å². The third kappa shape index (κ3) is 3.90. The van der Waals surface area contributed by atoms with E-state index in [1.807, 2.05) is 24.3 Å². The van der Waals surface area contributed by atoms with Crippen LogP contribution in [-0.2, 0) is 0 Å². The Balaban J connectivity index is 1.83. The van der Waals surface area contributed by atoms with Gasteiger partial charge in [0.2, 0.25) is 0 Å². The van der Waals surface area contributed by atoms with E-state index >= 15 is 0 Å². The lowest BCUT2D eigenvalue weighted by molar-refractivity contribution is 0.103. The maximum absolute atomic E-state index is 12.5. The highest BCUT2D eigenvalue weighted by Crippen LogP contribution is 2.18. The predicted molar refractivity (Wildman–Crippen MR) is 92.8 cm³/mol. The largest absolute Gasteiger partial charge is 0.289 e. The van der Waals surface area contributed by atoms with Crippen molar-refractivity contribution in [3.8, 4) is 0 Å². The molecule has 0 aliphatic heterocycles. The van der Waals surface area contributed by atoms with Crippen molar-refractivity contribution in [1.29, 1.82) is 0 Å². The summed E-state index contributed by atoms with van der Waals surface area (Å²) in [4.78, 5) is 20.8. The average Bonchev–Trinajstić information content (AvgIpc) is 2.61. The summed E-state index contributed by atoms with van der Waals surface area (Å²) >= 11 is 5.85. The minimum Gasteiger partial charge on any atom is -0.289 e. The van der Waals surface area contributed by atoms with Gasteiger partial charge in [-0.25, -0.2) is 0 Å². The molecule has 3 aromatic rings. The summed E-state index contributed by atoms with van der Waals surface area (Å²) < 4.78 is 0. The molecule has 23 heavy (non-hydrogen) atoms. The Morgan fingerprint density at radius 2 is 1.70 bits per heavy atom. The van der Waals surface area contributed by atoms with Crippen LogP contribution in [0.4, 0.5) is 5.69 Å². The summed E-state index contributed by atoms with van der Waals surface area (Å²) in [6, 6.07) is 17.8. The van der Waals surface area contributed by atoms with Crippen molar-refractivity contribution in [1.82, 2.24) is 4.98 Å². The van der Waals surface area contributed by atoms with Gasteiger partial charge in [-0.3, -0.25) is 14.8 Å². The lowest BCUT2D eigenvalue weighted by Crippen LogP contribution is -2.00. The third-order valence-corrected chi connectivity index (χ3v) is 3.54. The Kier molecular flexibility index (Phi) is 4.60. The zero-order valence-electron chi connectivity index (χ0n) is 12.2. The summed E-state index contributed by atoms with van der Waals surface area (Å²) in [5.74, 6) is -0.0531. The highest BCUT2D eigenvalue weighted by molar-refractivity contribution is 6.30. The smallest absolute Gasteiger partial charge is 0.193 e. The number of ketones is 1. The Labute approximate surface area is 139 Å². The fourth-order valence-electron chi connectivity index (χ4n) is 2.09. The second-order valence-corrected chi connectivity index (χ2v) is 5.36. The first kappa shape index (κ1) is 15.1. The molecule has 0 bridgehead atoms. The second kappa shape index (κ2) is 6.99. The highest BCUT2D eigenvalue weighted by atomic mass is 35.5. The van der Waals surface area contributed by atoms with Gasteiger partial charge in [0.25, 0.3) is 0 Å². The van der Waals surface area contributed by atoms with Crippen molar-refractivity contribution in [3.05, 3.63) is 94.8 Å². The SMILES string of the molecule is O=C(c1ccc(Cl)cc1)c1cccc(N=Cc2ccncc2)c1. The van der Waals surface area contributed by atoms with E-state index in [1.54, 1.807) is 55.0 Å². The number of hydrogen-bond donors (Lipinski definition) is 0. The molecule has 1 heterocycles. The van der Waals surface area contributed by atoms with E-state index in [0.717, 1.165) is 11.3 Å². The molecule has 0 spiro atoms. The number of benzene rings is 2. The van der Waals surface area contributed by atoms with Crippen molar-refractivity contribution in [2.45, 2.75) is 0 Å². The number of hydrogen-bond acceptors (Lipinski definition) is 3. The molecule has 0 saturated carbocycles. The Morgan fingerprint density at radius 3 is 2.43 bits per heavy atom. The maximum atomic E-state index is 12.5. The zero-order chi connectivity index (χ0) is 16.1. The van der Waals surface area contributed by atoms with Crippen LogP contribution in [0.3, 0.4) is 0 Å². The number of carbonyl (C=O) groups is 1. The first-order valence-electron chi connectivity index (χ1n) is 7.07. The molecule has 3 nitrogen and oxygen atoms in total. The van der Waals surface area contributed by atoms with Gasteiger partial charge in [0.1, 0.15) is 0 Å². The van der Waals surface area contributed by atoms with E-state index in [-0.39, 0.29) is 5.78 Å². The summed E-state index contributed by atoms with van der Waals surface area (Å²) in [6.45, 7) is 0. The van der Waals surface area contributed by atoms with E-state index in [9.17, 15) is 4.79 Å². The van der Waals surface area contributed by atoms with Crippen molar-refractivity contribution in [2.24, 2.45) is 4.99 Å². The predicted octanol–water partition coefficient (Wildman–Crippen LogP) is 4.72. The first-order valence-corrected chi connectivity index (χ1v) is 7.44. The van der Waals surface area contributed by atoms with Crippen LogP contribution in [0.1, 0.15) is 21.5 Å². The van der Waals surface area contributed by atoms with Gasteiger partial charge >= 0.3 is 0 Å². The number of halogens is 1. The van der Waals surface area contributed by atoms with Crippen molar-refractivity contribution in [3.63, 3.8) is 0 Å². The van der Waals surface area contributed by atoms with E-state index < -0.39 is 0 Å². The van der Waals surface area contributed by atoms with Crippen LogP contribution in [0.2, 0.25) is 5.02 Å². The molecular weight excluding hydrogens is 308 g/mol. The average molecular weight is 321 g/mol. The van der Waals surface area contributed by atoms with Gasteiger partial charge in [-0.05, 0) is 54.1 Å². The first-order chi connectivity index (χ1) is 11.2. The molecule has 112 valence electrons. The van der Waals surface area contributed by atoms with E-state index in [1.165, 1.54) is 0 Å². The van der Waals surface area contributed by atoms with Gasteiger partial charge in [-0.15, -0.1) is 0 Å². The molecule has 3 rings (SSSR count). The molecule has 0 fully saturated rings. The molecule has 0 aliphatic rings. The minimum absolute atomic E-state index is 0.0531. The van der Waals surface area contributed by atoms with Crippen LogP contribution in [-0.4, -0.2) is 17.0 Å². The molecule has 0 unspecified atom stereocenters. The standard InChI is InChI=1S/C19H13ClN2O/c20-17-6-4-15(5-7-17)19(23)16-2-1-3-18(12-16)22-13-14-8-10-21-11-9-14/h1-13H. The topological polar surface area (TPSA) is 42.3 Å². The van der Waals surface area contributed by atoms with Gasteiger partial charge in [0.15, 0.2) is 5.78 Å². The molecule has 0 radical (unpaired) electrons. The lowest BCUT2D eigenvalue weighted by Gasteiger charge is -2.02. The minimum atomic E-state index is -0.0531. The van der Waals surface area contributed by atoms with Crippen molar-refractivity contribution < 1.29 is 4.79 Å². The molecule has 0 amide bonds. The normalized spacial score (nSPS) is 10.8. The summed E-state index contributed by atoms with van der Waals surface area (Å²) in [7, 11) is 0. The third-order valence-electron chi connectivity index (χ3n) is 3.28. The van der Waals surface area contributed by atoms with Crippen LogP contribution in [0, 0.1) is 0 Å². The summed E-state index contributed by atoms with van der Waals surface area (Å²) in [5.41, 5.74) is 2.87. The Morgan fingerprint density at radius 1 is 0.957 bits per heavy atom. The number of aromatic nitrogens is 1. The number of aliphatic imine (C=N–C) groups is 1. The monoisotopic (exact) mass is 320 g/mol. The molecule has 0 N–H and O–H groups in total. The summed E-state index contributed by atoms with van der Waals surface area (Å²) in [6.07, 6.45) is 5.16. The van der Waals surface area contributed by atoms with Crippen molar-refractivity contribution >= 4 is 29.3 Å². The van der Waals surface area contributed by atoms with Gasteiger partial charge in [-0.2, -0.15) is 0 Å². The number of carbonyl (C=O) groups excluding carboxylic acids is 1. The molecular formula is C19H13ClN2O. The van der Waals surface area contributed by atoms with Crippen molar-refractivity contribution in [2.75, 3.05) is 0 Å². The Bertz CT molecular complexity index is 843. The fraction of sp³-hybridized carbons (Fsp3) is 0. The van der Waals surface area contributed by atoms with Crippen LogP contribution >= 0.6 is 11.6 Å². The van der Waals surface area contributed by atoms with Gasteiger partial charge in [0, 0.05) is 34.8 Å². The molecule has 0 aliphatic carbocycles. The van der Waals surface area contributed by atoms with Gasteiger partial charge < -0.3 is 0 Å². The van der Waals surface area contributed by atoms with E-state index in [0.29, 0.717) is 16.1 Å². The van der Waals surface area contributed by atoms with Crippen LogP contribution in [0.15, 0.2) is 78.0 Å². The highest BCUT2D eigenvalue weighted by Gasteiger charge is 2.09. The number of rotatable bonds is 4.